The van der Waals surface area contributed by atoms with E-state index in [1.54, 1.807) is 17.2 Å². The molecule has 2 aromatic rings. The third-order valence-electron chi connectivity index (χ3n) is 8.20. The second kappa shape index (κ2) is 8.28. The predicted molar refractivity (Wildman–Crippen MR) is 120 cm³/mol. The molecule has 0 atom stereocenters. The number of hydrogen-bond acceptors (Lipinski definition) is 0. The predicted octanol–water partition coefficient (Wildman–Crippen LogP) is 7.20. The Morgan fingerprint density at radius 1 is 0.724 bits per heavy atom. The maximum atomic E-state index is 2.95. The van der Waals surface area contributed by atoms with Crippen LogP contribution in [0, 0.1) is 13.8 Å². The molecule has 3 aliphatic carbocycles. The lowest BCUT2D eigenvalue weighted by Gasteiger charge is -2.23. The maximum absolute atomic E-state index is 2.95. The number of imidazole rings is 1. The van der Waals surface area contributed by atoms with Crippen LogP contribution in [0.2, 0.25) is 0 Å². The van der Waals surface area contributed by atoms with E-state index < -0.39 is 0 Å². The van der Waals surface area contributed by atoms with Crippen LogP contribution >= 0.6 is 0 Å². The van der Waals surface area contributed by atoms with Gasteiger partial charge in [-0.3, -0.25) is 0 Å². The highest BCUT2D eigenvalue weighted by Crippen LogP contribution is 2.42. The zero-order valence-corrected chi connectivity index (χ0v) is 18.6. The Kier molecular flexibility index (Phi) is 5.54. The van der Waals surface area contributed by atoms with E-state index in [0.29, 0.717) is 0 Å². The lowest BCUT2D eigenvalue weighted by atomic mass is 9.85. The van der Waals surface area contributed by atoms with E-state index in [-0.39, 0.29) is 0 Å². The highest BCUT2D eigenvalue weighted by atomic mass is 15.2. The number of benzene rings is 1. The Balaban J connectivity index is 1.75. The first-order valence-corrected chi connectivity index (χ1v) is 12.5. The van der Waals surface area contributed by atoms with Crippen molar-refractivity contribution in [2.45, 2.75) is 115 Å². The van der Waals surface area contributed by atoms with Crippen LogP contribution in [-0.2, 0) is 0 Å². The zero-order chi connectivity index (χ0) is 19.8. The van der Waals surface area contributed by atoms with Gasteiger partial charge < -0.3 is 0 Å². The first-order valence-electron chi connectivity index (χ1n) is 12.5. The fraction of sp³-hybridized carbons (Fsp3) is 0.667. The topological polar surface area (TPSA) is 8.81 Å². The molecular formula is C27H39N2+. The van der Waals surface area contributed by atoms with Gasteiger partial charge in [-0.25, -0.2) is 4.57 Å². The second-order valence-corrected chi connectivity index (χ2v) is 10.1. The zero-order valence-electron chi connectivity index (χ0n) is 18.6. The van der Waals surface area contributed by atoms with Gasteiger partial charge in [-0.05, 0) is 69.9 Å². The van der Waals surface area contributed by atoms with Gasteiger partial charge in [-0.1, -0.05) is 50.3 Å². The third-order valence-corrected chi connectivity index (χ3v) is 8.20. The average molecular weight is 392 g/mol. The van der Waals surface area contributed by atoms with Crippen molar-refractivity contribution >= 4 is 0 Å². The summed E-state index contributed by atoms with van der Waals surface area (Å²) in [5.41, 5.74) is 6.13. The van der Waals surface area contributed by atoms with E-state index in [1.165, 1.54) is 94.7 Å². The molecule has 0 bridgehead atoms. The molecule has 0 aliphatic heterocycles. The molecular weight excluding hydrogens is 352 g/mol. The van der Waals surface area contributed by atoms with Crippen molar-refractivity contribution in [2.24, 2.45) is 0 Å². The Morgan fingerprint density at radius 3 is 2.00 bits per heavy atom. The minimum atomic E-state index is 0.742. The van der Waals surface area contributed by atoms with Crippen LogP contribution in [-0.4, -0.2) is 4.57 Å². The summed E-state index contributed by atoms with van der Waals surface area (Å²) in [7, 11) is 0. The van der Waals surface area contributed by atoms with Crippen LogP contribution in [0.5, 0.6) is 0 Å². The summed E-state index contributed by atoms with van der Waals surface area (Å²) in [6, 6.07) is 9.84. The van der Waals surface area contributed by atoms with Crippen molar-refractivity contribution in [3.63, 3.8) is 0 Å². The SMILES string of the molecule is Cc1ccccc1-n1c(C)c(C2CCCCC2)[n+](C2CCCC2)c1C1CCCC1. The van der Waals surface area contributed by atoms with Gasteiger partial charge in [0.05, 0.1) is 5.92 Å². The number of rotatable bonds is 4. The van der Waals surface area contributed by atoms with E-state index in [1.807, 2.05) is 0 Å². The molecule has 0 saturated heterocycles. The van der Waals surface area contributed by atoms with Crippen LogP contribution < -0.4 is 4.57 Å². The normalized spacial score (nSPS) is 22.0. The summed E-state index contributed by atoms with van der Waals surface area (Å²) in [5, 5.41) is 0. The van der Waals surface area contributed by atoms with Gasteiger partial charge in [0.2, 0.25) is 0 Å². The fourth-order valence-electron chi connectivity index (χ4n) is 6.79. The molecule has 3 aliphatic rings. The van der Waals surface area contributed by atoms with Gasteiger partial charge >= 0.3 is 0 Å². The minimum absolute atomic E-state index is 0.742. The van der Waals surface area contributed by atoms with E-state index in [2.05, 4.69) is 47.2 Å². The van der Waals surface area contributed by atoms with Gasteiger partial charge in [-0.2, -0.15) is 4.57 Å². The van der Waals surface area contributed by atoms with Crippen molar-refractivity contribution in [1.29, 1.82) is 0 Å². The van der Waals surface area contributed by atoms with Crippen LogP contribution in [0.3, 0.4) is 0 Å². The summed E-state index contributed by atoms with van der Waals surface area (Å²) in [5.74, 6) is 3.18. The molecule has 0 amide bonds. The summed E-state index contributed by atoms with van der Waals surface area (Å²) in [6.07, 6.45) is 18.3. The average Bonchev–Trinajstić information content (AvgIpc) is 3.49. The molecule has 0 unspecified atom stereocenters. The van der Waals surface area contributed by atoms with E-state index in [4.69, 9.17) is 0 Å². The van der Waals surface area contributed by atoms with Crippen molar-refractivity contribution in [3.05, 3.63) is 47.0 Å². The molecule has 0 radical (unpaired) electrons. The lowest BCUT2D eigenvalue weighted by Crippen LogP contribution is -2.46. The third kappa shape index (κ3) is 3.47. The highest BCUT2D eigenvalue weighted by molar-refractivity contribution is 5.43. The molecule has 0 N–H and O–H groups in total. The molecule has 3 fully saturated rings. The standard InChI is InChI=1S/C27H39N2/c1-20-12-6-11-19-25(20)28-21(2)26(22-13-4-3-5-14-22)29(24-17-9-10-18-24)27(28)23-15-7-8-16-23/h6,11-12,19,22-24H,3-5,7-10,13-18H2,1-2H3/q+1. The van der Waals surface area contributed by atoms with Crippen molar-refractivity contribution in [3.8, 4) is 5.69 Å². The summed E-state index contributed by atoms with van der Waals surface area (Å²) in [6.45, 7) is 4.74. The Morgan fingerprint density at radius 2 is 1.31 bits per heavy atom. The van der Waals surface area contributed by atoms with E-state index >= 15 is 0 Å². The quantitative estimate of drug-likeness (QED) is 0.487. The Hall–Kier alpha value is -1.57. The largest absolute Gasteiger partial charge is 0.265 e. The number of aryl methyl sites for hydroxylation is 1. The highest BCUT2D eigenvalue weighted by Gasteiger charge is 2.42. The molecule has 2 heteroatoms. The van der Waals surface area contributed by atoms with Gasteiger partial charge in [0.25, 0.3) is 5.82 Å². The number of para-hydroxylation sites is 1. The van der Waals surface area contributed by atoms with Crippen molar-refractivity contribution in [2.75, 3.05) is 0 Å². The summed E-state index contributed by atoms with van der Waals surface area (Å²) < 4.78 is 5.67. The number of hydrogen-bond donors (Lipinski definition) is 0. The van der Waals surface area contributed by atoms with Crippen LogP contribution in [0.15, 0.2) is 24.3 Å². The van der Waals surface area contributed by atoms with Gasteiger partial charge in [0, 0.05) is 12.8 Å². The molecule has 0 spiro atoms. The number of nitrogens with zero attached hydrogens (tertiary/aromatic N) is 2. The van der Waals surface area contributed by atoms with E-state index in [9.17, 15) is 0 Å². The molecule has 2 nitrogen and oxygen atoms in total. The monoisotopic (exact) mass is 391 g/mol. The van der Waals surface area contributed by atoms with Gasteiger partial charge in [0.1, 0.15) is 23.1 Å². The molecule has 1 aromatic carbocycles. The molecule has 5 rings (SSSR count). The first kappa shape index (κ1) is 19.4. The molecule has 1 heterocycles. The fourth-order valence-corrected chi connectivity index (χ4v) is 6.79. The second-order valence-electron chi connectivity index (χ2n) is 10.1. The summed E-state index contributed by atoms with van der Waals surface area (Å²) in [4.78, 5) is 0. The van der Waals surface area contributed by atoms with Gasteiger partial charge in [0.15, 0.2) is 0 Å². The molecule has 3 saturated carbocycles. The Bertz CT molecular complexity index is 844. The van der Waals surface area contributed by atoms with Gasteiger partial charge in [-0.15, -0.1) is 0 Å². The molecule has 29 heavy (non-hydrogen) atoms. The lowest BCUT2D eigenvalue weighted by molar-refractivity contribution is -0.737. The van der Waals surface area contributed by atoms with Crippen molar-refractivity contribution in [1.82, 2.24) is 4.57 Å². The Labute approximate surface area is 177 Å². The smallest absolute Gasteiger partial charge is 0.228 e. The van der Waals surface area contributed by atoms with Crippen LogP contribution in [0.25, 0.3) is 5.69 Å². The van der Waals surface area contributed by atoms with Crippen LogP contribution in [0.1, 0.15) is 124 Å². The molecule has 156 valence electrons. The number of aromatic nitrogens is 2. The maximum Gasteiger partial charge on any atom is 0.265 e. The summed E-state index contributed by atoms with van der Waals surface area (Å²) >= 11 is 0. The van der Waals surface area contributed by atoms with Crippen LogP contribution in [0.4, 0.5) is 0 Å². The first-order chi connectivity index (χ1) is 14.3. The van der Waals surface area contributed by atoms with Crippen molar-refractivity contribution < 1.29 is 4.57 Å². The minimum Gasteiger partial charge on any atom is -0.228 e. The van der Waals surface area contributed by atoms with E-state index in [0.717, 1.165) is 17.9 Å². The molecule has 1 aromatic heterocycles.